The first-order chi connectivity index (χ1) is 23.2. The normalized spacial score (nSPS) is 16.2. The molecule has 9 nitrogen and oxygen atoms in total. The van der Waals surface area contributed by atoms with Gasteiger partial charge < -0.3 is 14.0 Å². The largest absolute Gasteiger partial charge is 0.493 e. The quantitative estimate of drug-likeness (QED) is 0.123. The van der Waals surface area contributed by atoms with Crippen LogP contribution in [-0.4, -0.2) is 58.5 Å². The van der Waals surface area contributed by atoms with Gasteiger partial charge in [0.15, 0.2) is 0 Å². The lowest BCUT2D eigenvalue weighted by molar-refractivity contribution is 0.0512. The van der Waals surface area contributed by atoms with Crippen LogP contribution in [0.15, 0.2) is 48.5 Å². The Morgan fingerprint density at radius 1 is 1.10 bits per heavy atom. The van der Waals surface area contributed by atoms with E-state index < -0.39 is 16.0 Å². The molecule has 1 N–H and O–H groups in total. The van der Waals surface area contributed by atoms with Crippen molar-refractivity contribution in [1.29, 1.82) is 0 Å². The van der Waals surface area contributed by atoms with Gasteiger partial charge in [-0.05, 0) is 86.7 Å². The van der Waals surface area contributed by atoms with E-state index in [-0.39, 0.29) is 44.7 Å². The summed E-state index contributed by atoms with van der Waals surface area (Å²) in [6.45, 7) is 4.78. The molecular weight excluding hydrogens is 667 g/mol. The molecule has 0 unspecified atom stereocenters. The van der Waals surface area contributed by atoms with Crippen LogP contribution in [0.1, 0.15) is 74.4 Å². The average molecular weight is 709 g/mol. The first kappa shape index (κ1) is 34.9. The number of carbonyl (C=O) groups excluding carboxylic acids is 1. The van der Waals surface area contributed by atoms with Gasteiger partial charge >= 0.3 is 5.97 Å². The highest BCUT2D eigenvalue weighted by atomic mass is 35.5. The number of carbonyl (C=O) groups is 1. The molecule has 0 saturated heterocycles. The van der Waals surface area contributed by atoms with Crippen molar-refractivity contribution in [3.05, 3.63) is 82.0 Å². The molecule has 0 atom stereocenters. The molecular formula is C37H42ClFN4O5S. The van der Waals surface area contributed by atoms with E-state index in [0.29, 0.717) is 54.5 Å². The van der Waals surface area contributed by atoms with E-state index in [2.05, 4.69) is 10.2 Å². The Labute approximate surface area is 291 Å². The second-order valence-corrected chi connectivity index (χ2v) is 14.9. The molecule has 7 rings (SSSR count). The zero-order valence-electron chi connectivity index (χ0n) is 27.0. The van der Waals surface area contributed by atoms with E-state index in [1.54, 1.807) is 17.3 Å². The van der Waals surface area contributed by atoms with E-state index in [4.69, 9.17) is 21.1 Å². The number of aromatic nitrogens is 3. The van der Waals surface area contributed by atoms with Crippen molar-refractivity contribution in [2.45, 2.75) is 78.9 Å². The van der Waals surface area contributed by atoms with Crippen LogP contribution < -0.4 is 4.74 Å². The highest BCUT2D eigenvalue weighted by Gasteiger charge is 2.39. The molecule has 3 heterocycles. The Bertz CT molecular complexity index is 2140. The zero-order chi connectivity index (χ0) is 33.6. The first-order valence-electron chi connectivity index (χ1n) is 16.6. The fourth-order valence-electron chi connectivity index (χ4n) is 7.00. The van der Waals surface area contributed by atoms with E-state index in [1.165, 1.54) is 12.1 Å². The summed E-state index contributed by atoms with van der Waals surface area (Å²) in [5, 5.41) is 10.7. The lowest BCUT2D eigenvalue weighted by Crippen LogP contribution is -2.35. The lowest BCUT2D eigenvalue weighted by Gasteiger charge is -2.21. The SMILES string of the molecule is C.CCOC(=O)c1c(CCCOc2cccc3cc(F)ccc23)c2ccc(Cl)c3c2n1CCCS(=O)(=O)N(C1CC1)Cc1[nH]nc(CC)c1-3. The maximum atomic E-state index is 13.8. The Morgan fingerprint density at radius 2 is 1.90 bits per heavy atom. The number of benzene rings is 3. The van der Waals surface area contributed by atoms with Gasteiger partial charge in [0.25, 0.3) is 0 Å². The topological polar surface area (TPSA) is 107 Å². The molecule has 2 aromatic heterocycles. The van der Waals surface area contributed by atoms with Gasteiger partial charge in [-0.15, -0.1) is 0 Å². The molecule has 0 bridgehead atoms. The summed E-state index contributed by atoms with van der Waals surface area (Å²) in [6.07, 6.45) is 3.64. The van der Waals surface area contributed by atoms with E-state index in [9.17, 15) is 17.6 Å². The number of hydrogen-bond acceptors (Lipinski definition) is 6. The standard InChI is InChI=1S/C36H38ClFN4O5S.CH4/c1-3-29-33-30(40-39-29)21-42(24-12-13-24)48(44,45)19-7-17-41-34-27(15-16-28(37)32(33)34)26(35(41)36(43)46-4-2)9-6-18-47-31-10-5-8-22-20-23(38)11-14-25(22)31;/h5,8,10-11,14-16,20,24H,3-4,6-7,9,12-13,17-19,21H2,1-2H3,(H,39,40);1H4. The van der Waals surface area contributed by atoms with Gasteiger partial charge in [-0.1, -0.05) is 44.2 Å². The summed E-state index contributed by atoms with van der Waals surface area (Å²) in [5.74, 6) is -0.170. The van der Waals surface area contributed by atoms with Crippen molar-refractivity contribution in [3.63, 3.8) is 0 Å². The summed E-state index contributed by atoms with van der Waals surface area (Å²) in [5.41, 5.74) is 4.96. The first-order valence-corrected chi connectivity index (χ1v) is 18.6. The highest BCUT2D eigenvalue weighted by molar-refractivity contribution is 7.89. The molecule has 5 aromatic rings. The van der Waals surface area contributed by atoms with Crippen LogP contribution in [0.4, 0.5) is 4.39 Å². The van der Waals surface area contributed by atoms with Crippen molar-refractivity contribution < 1.29 is 27.1 Å². The minimum atomic E-state index is -3.60. The number of nitrogens with one attached hydrogen (secondary N) is 1. The third-order valence-corrected chi connectivity index (χ3v) is 11.5. The molecule has 1 fully saturated rings. The number of esters is 1. The number of nitrogens with zero attached hydrogens (tertiary/aromatic N) is 3. The van der Waals surface area contributed by atoms with Gasteiger partial charge in [-0.25, -0.2) is 17.6 Å². The number of rotatable bonds is 9. The number of aryl methyl sites for hydroxylation is 3. The Kier molecular flexibility index (Phi) is 10.1. The Hall–Kier alpha value is -3.93. The molecule has 0 spiro atoms. The summed E-state index contributed by atoms with van der Waals surface area (Å²) >= 11 is 7.06. The van der Waals surface area contributed by atoms with Crippen LogP contribution in [0.25, 0.3) is 32.8 Å². The number of ether oxygens (including phenoxy) is 2. The summed E-state index contributed by atoms with van der Waals surface area (Å²) in [6, 6.07) is 13.9. The van der Waals surface area contributed by atoms with E-state index in [1.807, 2.05) is 41.8 Å². The minimum Gasteiger partial charge on any atom is -0.493 e. The Morgan fingerprint density at radius 3 is 2.65 bits per heavy atom. The van der Waals surface area contributed by atoms with Crippen molar-refractivity contribution in [1.82, 2.24) is 19.1 Å². The molecule has 49 heavy (non-hydrogen) atoms. The average Bonchev–Trinajstić information content (AvgIpc) is 3.75. The maximum absolute atomic E-state index is 13.8. The van der Waals surface area contributed by atoms with Crippen LogP contribution in [-0.2, 0) is 40.7 Å². The van der Waals surface area contributed by atoms with Gasteiger partial charge in [0.2, 0.25) is 10.0 Å². The van der Waals surface area contributed by atoms with Crippen LogP contribution in [0.5, 0.6) is 5.75 Å². The number of H-pyrrole nitrogens is 1. The predicted molar refractivity (Wildman–Crippen MR) is 191 cm³/mol. The summed E-state index contributed by atoms with van der Waals surface area (Å²) < 4.78 is 56.6. The van der Waals surface area contributed by atoms with Gasteiger partial charge in [0, 0.05) is 34.5 Å². The molecule has 0 radical (unpaired) electrons. The van der Waals surface area contributed by atoms with Crippen molar-refractivity contribution in [2.75, 3.05) is 19.0 Å². The predicted octanol–water partition coefficient (Wildman–Crippen LogP) is 8.06. The second kappa shape index (κ2) is 14.1. The molecule has 1 saturated carbocycles. The third-order valence-electron chi connectivity index (χ3n) is 9.29. The third kappa shape index (κ3) is 6.56. The summed E-state index contributed by atoms with van der Waals surface area (Å²) in [4.78, 5) is 13.8. The van der Waals surface area contributed by atoms with Crippen molar-refractivity contribution in [3.8, 4) is 16.9 Å². The van der Waals surface area contributed by atoms with Gasteiger partial charge in [-0.2, -0.15) is 9.40 Å². The molecule has 1 aliphatic heterocycles. The van der Waals surface area contributed by atoms with Crippen LogP contribution in [0.3, 0.4) is 0 Å². The van der Waals surface area contributed by atoms with Gasteiger partial charge in [0.05, 0.1) is 47.4 Å². The number of sulfonamides is 1. The number of hydrogen-bond donors (Lipinski definition) is 1. The number of halogens is 2. The van der Waals surface area contributed by atoms with E-state index in [0.717, 1.165) is 56.9 Å². The van der Waals surface area contributed by atoms with Gasteiger partial charge in [0.1, 0.15) is 17.3 Å². The molecule has 1 aliphatic carbocycles. The molecule has 12 heteroatoms. The number of fused-ring (bicyclic) bond motifs is 3. The fraction of sp³-hybridized carbons (Fsp3) is 0.405. The second-order valence-electron chi connectivity index (χ2n) is 12.4. The molecule has 2 aliphatic rings. The van der Waals surface area contributed by atoms with Crippen LogP contribution in [0.2, 0.25) is 5.02 Å². The van der Waals surface area contributed by atoms with E-state index >= 15 is 0 Å². The fourth-order valence-corrected chi connectivity index (χ4v) is 8.97. The number of aromatic amines is 1. The zero-order valence-corrected chi connectivity index (χ0v) is 28.6. The highest BCUT2D eigenvalue weighted by Crippen LogP contribution is 2.44. The Balaban J connectivity index is 0.00000417. The van der Waals surface area contributed by atoms with Gasteiger partial charge in [-0.3, -0.25) is 5.10 Å². The lowest BCUT2D eigenvalue weighted by atomic mass is 9.97. The van der Waals surface area contributed by atoms with Crippen LogP contribution >= 0.6 is 11.6 Å². The maximum Gasteiger partial charge on any atom is 0.355 e. The smallest absolute Gasteiger partial charge is 0.355 e. The molecule has 0 amide bonds. The summed E-state index contributed by atoms with van der Waals surface area (Å²) in [7, 11) is -3.60. The van der Waals surface area contributed by atoms with Crippen LogP contribution in [0, 0.1) is 5.82 Å². The minimum absolute atomic E-state index is 0. The van der Waals surface area contributed by atoms with Crippen molar-refractivity contribution >= 4 is 49.3 Å². The van der Waals surface area contributed by atoms with Crippen molar-refractivity contribution in [2.24, 2.45) is 0 Å². The molecule has 260 valence electrons. The molecule has 3 aromatic carbocycles. The monoisotopic (exact) mass is 708 g/mol.